The van der Waals surface area contributed by atoms with Gasteiger partial charge in [0.15, 0.2) is 5.58 Å². The van der Waals surface area contributed by atoms with Crippen LogP contribution in [0.1, 0.15) is 0 Å². The van der Waals surface area contributed by atoms with Gasteiger partial charge in [-0.1, -0.05) is 5.10 Å². The van der Waals surface area contributed by atoms with Crippen molar-refractivity contribution in [2.75, 3.05) is 5.32 Å². The molecule has 0 bridgehead atoms. The van der Waals surface area contributed by atoms with Crippen molar-refractivity contribution in [2.45, 2.75) is 0 Å². The molecular weight excluding hydrogens is 212 g/mol. The fourth-order valence-corrected chi connectivity index (χ4v) is 1.29. The average Bonchev–Trinajstić information content (AvgIpc) is 2.86. The number of hydrogen-bond acceptors (Lipinski definition) is 7. The Bertz CT molecular complexity index is 617. The number of oxazole rings is 1. The topological polar surface area (TPSA) is 97.2 Å². The standard InChI is InChI=1S/C9H6N4O3/c14-5-1-2-6-7(3-5)16-8(11-6)12-9-13-10-4-15-9/h1-4,14H,(H,11,12,13). The van der Waals surface area contributed by atoms with Gasteiger partial charge >= 0.3 is 12.0 Å². The minimum atomic E-state index is 0.119. The molecule has 0 unspecified atom stereocenters. The van der Waals surface area contributed by atoms with E-state index in [2.05, 4.69) is 20.5 Å². The second-order valence-corrected chi connectivity index (χ2v) is 3.04. The molecule has 0 aliphatic carbocycles. The molecule has 0 fully saturated rings. The molecular formula is C9H6N4O3. The number of aromatic nitrogens is 3. The number of benzene rings is 1. The number of nitrogens with zero attached hydrogens (tertiary/aromatic N) is 3. The SMILES string of the molecule is Oc1ccc2nc(Nc3nnco3)oc2c1. The van der Waals surface area contributed by atoms with E-state index >= 15 is 0 Å². The fraction of sp³-hybridized carbons (Fsp3) is 0. The van der Waals surface area contributed by atoms with Crippen molar-refractivity contribution in [3.63, 3.8) is 0 Å². The van der Waals surface area contributed by atoms with Crippen molar-refractivity contribution in [2.24, 2.45) is 0 Å². The third kappa shape index (κ3) is 1.44. The van der Waals surface area contributed by atoms with Crippen LogP contribution in [0.25, 0.3) is 11.1 Å². The molecule has 7 heteroatoms. The van der Waals surface area contributed by atoms with E-state index < -0.39 is 0 Å². The number of phenols is 1. The molecule has 0 aliphatic rings. The zero-order chi connectivity index (χ0) is 11.0. The highest BCUT2D eigenvalue weighted by Gasteiger charge is 2.08. The number of fused-ring (bicyclic) bond motifs is 1. The lowest BCUT2D eigenvalue weighted by Gasteiger charge is -1.90. The summed E-state index contributed by atoms with van der Waals surface area (Å²) in [4.78, 5) is 4.11. The van der Waals surface area contributed by atoms with Gasteiger partial charge in [-0.2, -0.15) is 4.98 Å². The summed E-state index contributed by atoms with van der Waals surface area (Å²) in [6, 6.07) is 5.07. The van der Waals surface area contributed by atoms with Gasteiger partial charge < -0.3 is 13.9 Å². The molecule has 0 radical (unpaired) electrons. The quantitative estimate of drug-likeness (QED) is 0.674. The molecule has 0 amide bonds. The van der Waals surface area contributed by atoms with Crippen LogP contribution in [0, 0.1) is 0 Å². The van der Waals surface area contributed by atoms with Crippen LogP contribution in [0.3, 0.4) is 0 Å². The van der Waals surface area contributed by atoms with Crippen LogP contribution in [0.15, 0.2) is 33.4 Å². The first-order valence-electron chi connectivity index (χ1n) is 4.44. The Hall–Kier alpha value is -2.57. The van der Waals surface area contributed by atoms with Crippen LogP contribution >= 0.6 is 0 Å². The molecule has 3 aromatic rings. The first-order chi connectivity index (χ1) is 7.81. The summed E-state index contributed by atoms with van der Waals surface area (Å²) in [6.07, 6.45) is 1.19. The highest BCUT2D eigenvalue weighted by Crippen LogP contribution is 2.24. The lowest BCUT2D eigenvalue weighted by Crippen LogP contribution is -1.89. The molecule has 0 saturated carbocycles. The summed E-state index contributed by atoms with van der Waals surface area (Å²) >= 11 is 0. The highest BCUT2D eigenvalue weighted by atomic mass is 16.4. The van der Waals surface area contributed by atoms with Gasteiger partial charge in [-0.15, -0.1) is 5.10 Å². The molecule has 3 rings (SSSR count). The van der Waals surface area contributed by atoms with Crippen molar-refractivity contribution < 1.29 is 13.9 Å². The molecule has 1 aromatic carbocycles. The molecule has 7 nitrogen and oxygen atoms in total. The minimum absolute atomic E-state index is 0.119. The molecule has 80 valence electrons. The number of aromatic hydroxyl groups is 1. The summed E-state index contributed by atoms with van der Waals surface area (Å²) in [5, 5.41) is 19.1. The second-order valence-electron chi connectivity index (χ2n) is 3.04. The Morgan fingerprint density at radius 2 is 2.19 bits per heavy atom. The number of hydrogen-bond donors (Lipinski definition) is 2. The van der Waals surface area contributed by atoms with Crippen molar-refractivity contribution in [1.82, 2.24) is 15.2 Å². The molecule has 0 aliphatic heterocycles. The maximum Gasteiger partial charge on any atom is 0.323 e. The van der Waals surface area contributed by atoms with E-state index in [1.54, 1.807) is 6.07 Å². The maximum absolute atomic E-state index is 9.25. The minimum Gasteiger partial charge on any atom is -0.508 e. The van der Waals surface area contributed by atoms with Crippen LogP contribution in [-0.4, -0.2) is 20.3 Å². The molecule has 16 heavy (non-hydrogen) atoms. The summed E-state index contributed by atoms with van der Waals surface area (Å²) in [7, 11) is 0. The van der Waals surface area contributed by atoms with E-state index in [1.165, 1.54) is 18.5 Å². The van der Waals surface area contributed by atoms with Crippen molar-refractivity contribution in [1.29, 1.82) is 0 Å². The van der Waals surface area contributed by atoms with Gasteiger partial charge in [0.2, 0.25) is 6.39 Å². The number of nitrogens with one attached hydrogen (secondary N) is 1. The Morgan fingerprint density at radius 1 is 1.25 bits per heavy atom. The lowest BCUT2D eigenvalue weighted by atomic mass is 10.3. The van der Waals surface area contributed by atoms with Crippen molar-refractivity contribution in [3.05, 3.63) is 24.6 Å². The zero-order valence-electron chi connectivity index (χ0n) is 7.91. The Balaban J connectivity index is 1.99. The predicted molar refractivity (Wildman–Crippen MR) is 53.3 cm³/mol. The Kier molecular flexibility index (Phi) is 1.76. The number of rotatable bonds is 2. The lowest BCUT2D eigenvalue weighted by molar-refractivity contribution is 0.474. The van der Waals surface area contributed by atoms with Gasteiger partial charge in [0.05, 0.1) is 0 Å². The van der Waals surface area contributed by atoms with E-state index in [0.29, 0.717) is 11.1 Å². The first-order valence-corrected chi connectivity index (χ1v) is 4.44. The Morgan fingerprint density at radius 3 is 3.00 bits per heavy atom. The van der Waals surface area contributed by atoms with Gasteiger partial charge in [-0.05, 0) is 12.1 Å². The number of anilines is 2. The van der Waals surface area contributed by atoms with Crippen LogP contribution in [0.4, 0.5) is 12.0 Å². The molecule has 2 heterocycles. The van der Waals surface area contributed by atoms with Crippen molar-refractivity contribution in [3.8, 4) is 5.75 Å². The molecule has 2 N–H and O–H groups in total. The van der Waals surface area contributed by atoms with Crippen LogP contribution < -0.4 is 5.32 Å². The van der Waals surface area contributed by atoms with E-state index in [1.807, 2.05) is 0 Å². The molecule has 0 saturated heterocycles. The van der Waals surface area contributed by atoms with E-state index in [0.717, 1.165) is 0 Å². The van der Waals surface area contributed by atoms with Crippen molar-refractivity contribution >= 4 is 23.1 Å². The van der Waals surface area contributed by atoms with Gasteiger partial charge in [0.1, 0.15) is 11.3 Å². The normalized spacial score (nSPS) is 10.8. The van der Waals surface area contributed by atoms with Crippen LogP contribution in [-0.2, 0) is 0 Å². The largest absolute Gasteiger partial charge is 0.508 e. The van der Waals surface area contributed by atoms with E-state index in [-0.39, 0.29) is 17.8 Å². The zero-order valence-corrected chi connectivity index (χ0v) is 7.91. The van der Waals surface area contributed by atoms with Crippen LogP contribution in [0.5, 0.6) is 5.75 Å². The maximum atomic E-state index is 9.25. The van der Waals surface area contributed by atoms with Gasteiger partial charge in [-0.3, -0.25) is 5.32 Å². The smallest absolute Gasteiger partial charge is 0.323 e. The summed E-state index contributed by atoms with van der Waals surface area (Å²) in [5.41, 5.74) is 1.10. The van der Waals surface area contributed by atoms with Gasteiger partial charge in [0.25, 0.3) is 0 Å². The Labute approximate surface area is 88.7 Å². The van der Waals surface area contributed by atoms with Gasteiger partial charge in [0, 0.05) is 6.07 Å². The molecule has 0 atom stereocenters. The predicted octanol–water partition coefficient (Wildman–Crippen LogP) is 1.66. The monoisotopic (exact) mass is 218 g/mol. The average molecular weight is 218 g/mol. The third-order valence-electron chi connectivity index (χ3n) is 1.95. The second kappa shape index (κ2) is 3.23. The number of phenolic OH excluding ortho intramolecular Hbond substituents is 1. The van der Waals surface area contributed by atoms with E-state index in [9.17, 15) is 5.11 Å². The first kappa shape index (κ1) is 8.72. The highest BCUT2D eigenvalue weighted by molar-refractivity contribution is 5.76. The van der Waals surface area contributed by atoms with E-state index in [4.69, 9.17) is 8.83 Å². The summed E-state index contributed by atoms with van der Waals surface area (Å²) in [5.74, 6) is 0.119. The van der Waals surface area contributed by atoms with Gasteiger partial charge in [-0.25, -0.2) is 0 Å². The van der Waals surface area contributed by atoms with Crippen LogP contribution in [0.2, 0.25) is 0 Å². The third-order valence-corrected chi connectivity index (χ3v) is 1.95. The summed E-state index contributed by atoms with van der Waals surface area (Å²) < 4.78 is 10.2. The molecule has 0 spiro atoms. The fourth-order valence-electron chi connectivity index (χ4n) is 1.29. The molecule has 2 aromatic heterocycles. The summed E-state index contributed by atoms with van der Waals surface area (Å²) in [6.45, 7) is 0.